The van der Waals surface area contributed by atoms with Gasteiger partial charge in [0, 0.05) is 11.6 Å². The molecule has 0 bridgehead atoms. The Morgan fingerprint density at radius 2 is 2.07 bits per heavy atom. The third-order valence-electron chi connectivity index (χ3n) is 2.12. The summed E-state index contributed by atoms with van der Waals surface area (Å²) in [5.74, 6) is 3.10. The van der Waals surface area contributed by atoms with Gasteiger partial charge in [-0.25, -0.2) is 4.68 Å². The summed E-state index contributed by atoms with van der Waals surface area (Å²) in [7, 11) is 0. The molecule has 0 aliphatic carbocycles. The molecule has 1 aromatic heterocycles. The lowest BCUT2D eigenvalue weighted by molar-refractivity contribution is 0.729. The minimum absolute atomic E-state index is 0.401. The van der Waals surface area contributed by atoms with Crippen molar-refractivity contribution in [1.82, 2.24) is 9.78 Å². The molecule has 0 aliphatic rings. The maximum absolute atomic E-state index is 5.77. The zero-order chi connectivity index (χ0) is 10.7. The smallest absolute Gasteiger partial charge is 0.123 e. The molecule has 0 saturated heterocycles. The molecule has 2 N–H and O–H groups in total. The Kier molecular flexibility index (Phi) is 2.42. The lowest BCUT2D eigenvalue weighted by Crippen LogP contribution is -2.02. The summed E-state index contributed by atoms with van der Waals surface area (Å²) < 4.78 is 1.61. The maximum Gasteiger partial charge on any atom is 0.123 e. The summed E-state index contributed by atoms with van der Waals surface area (Å²) >= 11 is 0. The first-order valence-electron chi connectivity index (χ1n) is 4.63. The molecule has 0 unspecified atom stereocenters. The fourth-order valence-corrected chi connectivity index (χ4v) is 1.39. The zero-order valence-corrected chi connectivity index (χ0v) is 8.22. The second-order valence-corrected chi connectivity index (χ2v) is 3.18. The van der Waals surface area contributed by atoms with Crippen LogP contribution in [0.3, 0.4) is 0 Å². The van der Waals surface area contributed by atoms with E-state index < -0.39 is 0 Å². The van der Waals surface area contributed by atoms with Crippen molar-refractivity contribution in [2.24, 2.45) is 0 Å². The molecular formula is C12H11N3. The highest BCUT2D eigenvalue weighted by atomic mass is 15.3. The number of anilines is 1. The van der Waals surface area contributed by atoms with Crippen LogP contribution in [0, 0.1) is 12.3 Å². The quantitative estimate of drug-likeness (QED) is 0.745. The molecule has 0 fully saturated rings. The summed E-state index contributed by atoms with van der Waals surface area (Å²) in [5, 5.41) is 4.32. The van der Waals surface area contributed by atoms with Crippen molar-refractivity contribution in [2.45, 2.75) is 6.54 Å². The highest BCUT2D eigenvalue weighted by molar-refractivity contribution is 5.62. The van der Waals surface area contributed by atoms with Gasteiger partial charge in [-0.2, -0.15) is 5.10 Å². The Morgan fingerprint density at radius 3 is 2.73 bits per heavy atom. The maximum atomic E-state index is 5.77. The van der Waals surface area contributed by atoms with Crippen molar-refractivity contribution in [3.8, 4) is 23.6 Å². The van der Waals surface area contributed by atoms with Gasteiger partial charge in [0.15, 0.2) is 0 Å². The molecule has 1 heterocycles. The Balaban J connectivity index is 2.40. The van der Waals surface area contributed by atoms with Crippen molar-refractivity contribution in [3.63, 3.8) is 0 Å². The van der Waals surface area contributed by atoms with Crippen LogP contribution in [-0.2, 0) is 6.54 Å². The number of nitrogens with zero attached hydrogens (tertiary/aromatic N) is 2. The molecule has 0 spiro atoms. The second kappa shape index (κ2) is 3.89. The normalized spacial score (nSPS) is 9.80. The van der Waals surface area contributed by atoms with Gasteiger partial charge < -0.3 is 5.73 Å². The number of benzene rings is 1. The first-order chi connectivity index (χ1) is 7.31. The monoisotopic (exact) mass is 197 g/mol. The average molecular weight is 197 g/mol. The van der Waals surface area contributed by atoms with E-state index in [0.717, 1.165) is 11.3 Å². The predicted octanol–water partition coefficient (Wildman–Crippen LogP) is 1.77. The van der Waals surface area contributed by atoms with Crippen LogP contribution in [0.25, 0.3) is 11.3 Å². The van der Waals surface area contributed by atoms with Crippen LogP contribution in [-0.4, -0.2) is 9.78 Å². The molecule has 2 aromatic rings. The van der Waals surface area contributed by atoms with Crippen molar-refractivity contribution < 1.29 is 0 Å². The fraction of sp³-hybridized carbons (Fsp3) is 0.0833. The van der Waals surface area contributed by atoms with E-state index in [9.17, 15) is 0 Å². The molecule has 3 nitrogen and oxygen atoms in total. The van der Waals surface area contributed by atoms with E-state index in [4.69, 9.17) is 12.2 Å². The van der Waals surface area contributed by atoms with E-state index in [1.54, 1.807) is 4.68 Å². The van der Waals surface area contributed by atoms with E-state index in [2.05, 4.69) is 11.0 Å². The lowest BCUT2D eigenvalue weighted by atomic mass is 10.2. The van der Waals surface area contributed by atoms with E-state index in [0.29, 0.717) is 12.4 Å². The van der Waals surface area contributed by atoms with Crippen LogP contribution in [0.15, 0.2) is 36.4 Å². The molecule has 0 amide bonds. The third kappa shape index (κ3) is 1.84. The van der Waals surface area contributed by atoms with Gasteiger partial charge in [0.25, 0.3) is 0 Å². The van der Waals surface area contributed by atoms with E-state index in [1.165, 1.54) is 0 Å². The van der Waals surface area contributed by atoms with E-state index in [-0.39, 0.29) is 0 Å². The number of nitrogens with two attached hydrogens (primary N) is 1. The molecule has 1 aromatic carbocycles. The summed E-state index contributed by atoms with van der Waals surface area (Å²) in [6.07, 6.45) is 5.21. The number of terminal acetylenes is 1. The minimum atomic E-state index is 0.401. The van der Waals surface area contributed by atoms with Gasteiger partial charge in [-0.15, -0.1) is 6.42 Å². The second-order valence-electron chi connectivity index (χ2n) is 3.18. The van der Waals surface area contributed by atoms with Gasteiger partial charge in [0.05, 0.1) is 5.69 Å². The van der Waals surface area contributed by atoms with Crippen molar-refractivity contribution in [2.75, 3.05) is 5.73 Å². The minimum Gasteiger partial charge on any atom is -0.384 e. The molecule has 74 valence electrons. The average Bonchev–Trinajstić information content (AvgIpc) is 2.63. The lowest BCUT2D eigenvalue weighted by Gasteiger charge is -1.96. The molecular weight excluding hydrogens is 186 g/mol. The van der Waals surface area contributed by atoms with Crippen LogP contribution in [0.4, 0.5) is 5.82 Å². The Labute approximate surface area is 88.5 Å². The first kappa shape index (κ1) is 9.35. The van der Waals surface area contributed by atoms with Crippen LogP contribution in [0.1, 0.15) is 0 Å². The van der Waals surface area contributed by atoms with E-state index in [1.807, 2.05) is 36.4 Å². The standard InChI is InChI=1S/C12H11N3/c1-2-8-15-12(13)9-11(14-15)10-6-4-3-5-7-10/h1,3-7,9H,8,13H2. The Morgan fingerprint density at radius 1 is 1.33 bits per heavy atom. The van der Waals surface area contributed by atoms with Gasteiger partial charge in [-0.3, -0.25) is 0 Å². The third-order valence-corrected chi connectivity index (χ3v) is 2.12. The molecule has 15 heavy (non-hydrogen) atoms. The van der Waals surface area contributed by atoms with Gasteiger partial charge in [-0.1, -0.05) is 36.3 Å². The SMILES string of the molecule is C#CCn1nc(-c2ccccc2)cc1N. The molecule has 3 heteroatoms. The number of hydrogen-bond acceptors (Lipinski definition) is 2. The number of nitrogen functional groups attached to an aromatic ring is 1. The van der Waals surface area contributed by atoms with Gasteiger partial charge in [-0.05, 0) is 0 Å². The molecule has 2 rings (SSSR count). The first-order valence-corrected chi connectivity index (χ1v) is 4.63. The van der Waals surface area contributed by atoms with Gasteiger partial charge in [0.2, 0.25) is 0 Å². The fourth-order valence-electron chi connectivity index (χ4n) is 1.39. The summed E-state index contributed by atoms with van der Waals surface area (Å²) in [4.78, 5) is 0. The van der Waals surface area contributed by atoms with Crippen molar-refractivity contribution in [3.05, 3.63) is 36.4 Å². The Hall–Kier alpha value is -2.21. The van der Waals surface area contributed by atoms with Crippen LogP contribution in [0.5, 0.6) is 0 Å². The number of aromatic nitrogens is 2. The molecule has 0 aliphatic heterocycles. The van der Waals surface area contributed by atoms with Crippen LogP contribution >= 0.6 is 0 Å². The number of rotatable bonds is 2. The highest BCUT2D eigenvalue weighted by Crippen LogP contribution is 2.19. The number of hydrogen-bond donors (Lipinski definition) is 1. The van der Waals surface area contributed by atoms with E-state index >= 15 is 0 Å². The molecule has 0 atom stereocenters. The largest absolute Gasteiger partial charge is 0.384 e. The van der Waals surface area contributed by atoms with Gasteiger partial charge >= 0.3 is 0 Å². The summed E-state index contributed by atoms with van der Waals surface area (Å²) in [5.41, 5.74) is 7.66. The zero-order valence-electron chi connectivity index (χ0n) is 8.22. The molecule has 0 radical (unpaired) electrons. The predicted molar refractivity (Wildman–Crippen MR) is 60.9 cm³/mol. The molecule has 0 saturated carbocycles. The topological polar surface area (TPSA) is 43.8 Å². The van der Waals surface area contributed by atoms with Gasteiger partial charge in [0.1, 0.15) is 12.4 Å². The van der Waals surface area contributed by atoms with Crippen LogP contribution in [0.2, 0.25) is 0 Å². The van der Waals surface area contributed by atoms with Crippen molar-refractivity contribution in [1.29, 1.82) is 0 Å². The van der Waals surface area contributed by atoms with Crippen LogP contribution < -0.4 is 5.73 Å². The summed E-state index contributed by atoms with van der Waals surface area (Å²) in [6.45, 7) is 0.401. The van der Waals surface area contributed by atoms with Crippen molar-refractivity contribution >= 4 is 5.82 Å². The highest BCUT2D eigenvalue weighted by Gasteiger charge is 2.05. The Bertz CT molecular complexity index is 491. The summed E-state index contributed by atoms with van der Waals surface area (Å²) in [6, 6.07) is 11.7.